The number of amides is 1. The first-order valence-electron chi connectivity index (χ1n) is 8.83. The number of anilines is 3. The van der Waals surface area contributed by atoms with Gasteiger partial charge in [-0.2, -0.15) is 0 Å². The van der Waals surface area contributed by atoms with E-state index in [1.807, 2.05) is 0 Å². The van der Waals surface area contributed by atoms with Crippen molar-refractivity contribution in [3.05, 3.63) is 93.5 Å². The van der Waals surface area contributed by atoms with Gasteiger partial charge in [-0.05, 0) is 42.0 Å². The Labute approximate surface area is 183 Å². The van der Waals surface area contributed by atoms with Gasteiger partial charge in [0.1, 0.15) is 5.69 Å². The van der Waals surface area contributed by atoms with Crippen LogP contribution < -0.4 is 16.0 Å². The zero-order chi connectivity index (χ0) is 21.7. The van der Waals surface area contributed by atoms with E-state index in [4.69, 9.17) is 29.6 Å². The van der Waals surface area contributed by atoms with Gasteiger partial charge in [0, 0.05) is 6.07 Å². The summed E-state index contributed by atoms with van der Waals surface area (Å²) in [6.45, 7) is 0. The van der Waals surface area contributed by atoms with Gasteiger partial charge in [0.2, 0.25) is 5.91 Å². The van der Waals surface area contributed by atoms with Gasteiger partial charge in [0.15, 0.2) is 5.11 Å². The molecule has 7 nitrogen and oxygen atoms in total. The number of thiocarbonyl (C=S) groups is 1. The second-order valence-electron chi connectivity index (χ2n) is 6.26. The normalized spacial score (nSPS) is 10.3. The first kappa shape index (κ1) is 21.2. The molecular formula is C21H17ClN4O3S. The molecule has 0 aliphatic rings. The Morgan fingerprint density at radius 2 is 1.63 bits per heavy atom. The fourth-order valence-electron chi connectivity index (χ4n) is 2.96. The predicted octanol–water partition coefficient (Wildman–Crippen LogP) is 4.81. The summed E-state index contributed by atoms with van der Waals surface area (Å²) >= 11 is 12.0. The van der Waals surface area contributed by atoms with Crippen molar-refractivity contribution >= 4 is 57.6 Å². The van der Waals surface area contributed by atoms with Crippen LogP contribution in [0.5, 0.6) is 0 Å². The van der Waals surface area contributed by atoms with Crippen molar-refractivity contribution in [2.45, 2.75) is 6.42 Å². The molecule has 0 saturated carbocycles. The first-order valence-corrected chi connectivity index (χ1v) is 9.62. The molecule has 0 heterocycles. The minimum atomic E-state index is -0.501. The Balaban J connectivity index is 2.11. The van der Waals surface area contributed by atoms with Gasteiger partial charge in [0.05, 0.1) is 27.7 Å². The van der Waals surface area contributed by atoms with Gasteiger partial charge in [0.25, 0.3) is 5.69 Å². The molecule has 0 fully saturated rings. The summed E-state index contributed by atoms with van der Waals surface area (Å²) in [5.41, 5.74) is 7.29. The maximum Gasteiger partial charge on any atom is 0.292 e. The maximum absolute atomic E-state index is 11.6. The van der Waals surface area contributed by atoms with E-state index in [9.17, 15) is 14.9 Å². The van der Waals surface area contributed by atoms with Crippen LogP contribution in [0, 0.1) is 10.1 Å². The van der Waals surface area contributed by atoms with E-state index in [1.54, 1.807) is 71.6 Å². The average Bonchev–Trinajstić information content (AvgIpc) is 2.70. The van der Waals surface area contributed by atoms with Crippen molar-refractivity contribution in [3.8, 4) is 0 Å². The number of nitrogens with one attached hydrogen (secondary N) is 1. The van der Waals surface area contributed by atoms with E-state index >= 15 is 0 Å². The minimum Gasteiger partial charge on any atom is -0.369 e. The number of carbonyl (C=O) groups is 1. The average molecular weight is 441 g/mol. The third kappa shape index (κ3) is 4.73. The van der Waals surface area contributed by atoms with E-state index in [0.717, 1.165) is 0 Å². The molecule has 0 radical (unpaired) electrons. The molecule has 30 heavy (non-hydrogen) atoms. The minimum absolute atomic E-state index is 0.00871. The van der Waals surface area contributed by atoms with Gasteiger partial charge < -0.3 is 11.1 Å². The molecule has 3 aromatic rings. The summed E-state index contributed by atoms with van der Waals surface area (Å²) < 4.78 is 0. The lowest BCUT2D eigenvalue weighted by atomic mass is 10.1. The number of halogens is 1. The van der Waals surface area contributed by atoms with Crippen LogP contribution in [0.25, 0.3) is 0 Å². The summed E-state index contributed by atoms with van der Waals surface area (Å²) in [6, 6.07) is 20.3. The second kappa shape index (κ2) is 9.34. The van der Waals surface area contributed by atoms with E-state index < -0.39 is 10.8 Å². The number of hydrogen-bond acceptors (Lipinski definition) is 4. The SMILES string of the molecule is NC(=O)Cc1ccccc1N(C(=S)Nc1ccccc1[N+](=O)[O-])c1ccccc1Cl. The van der Waals surface area contributed by atoms with Crippen molar-refractivity contribution < 1.29 is 9.72 Å². The molecular weight excluding hydrogens is 424 g/mol. The predicted molar refractivity (Wildman–Crippen MR) is 122 cm³/mol. The molecule has 3 rings (SSSR count). The number of carbonyl (C=O) groups excluding carboxylic acids is 1. The number of benzene rings is 3. The van der Waals surface area contributed by atoms with Gasteiger partial charge in [-0.15, -0.1) is 0 Å². The van der Waals surface area contributed by atoms with Crippen LogP contribution in [0.1, 0.15) is 5.56 Å². The van der Waals surface area contributed by atoms with Crippen LogP contribution in [0.15, 0.2) is 72.8 Å². The Morgan fingerprint density at radius 1 is 1.03 bits per heavy atom. The lowest BCUT2D eigenvalue weighted by Gasteiger charge is -2.28. The second-order valence-corrected chi connectivity index (χ2v) is 7.06. The van der Waals surface area contributed by atoms with Crippen LogP contribution >= 0.6 is 23.8 Å². The van der Waals surface area contributed by atoms with E-state index in [2.05, 4.69) is 5.32 Å². The molecule has 0 aromatic heterocycles. The van der Waals surface area contributed by atoms with Crippen LogP contribution in [0.2, 0.25) is 5.02 Å². The molecule has 9 heteroatoms. The molecule has 0 bridgehead atoms. The lowest BCUT2D eigenvalue weighted by molar-refractivity contribution is -0.383. The maximum atomic E-state index is 11.6. The number of rotatable bonds is 6. The molecule has 0 saturated heterocycles. The number of nitro benzene ring substituents is 1. The molecule has 0 spiro atoms. The van der Waals surface area contributed by atoms with Crippen molar-refractivity contribution in [1.29, 1.82) is 0 Å². The van der Waals surface area contributed by atoms with Crippen molar-refractivity contribution in [1.82, 2.24) is 0 Å². The summed E-state index contributed by atoms with van der Waals surface area (Å²) in [6.07, 6.45) is -0.00871. The van der Waals surface area contributed by atoms with Crippen LogP contribution in [0.3, 0.4) is 0 Å². The smallest absolute Gasteiger partial charge is 0.292 e. The third-order valence-electron chi connectivity index (χ3n) is 4.24. The topological polar surface area (TPSA) is 102 Å². The van der Waals surface area contributed by atoms with Gasteiger partial charge in [-0.25, -0.2) is 0 Å². The first-order chi connectivity index (χ1) is 14.4. The molecule has 152 valence electrons. The monoisotopic (exact) mass is 440 g/mol. The Kier molecular flexibility index (Phi) is 6.61. The standard InChI is InChI=1S/C21H17ClN4O3S/c22-15-8-2-5-11-18(15)25(17-10-4-1-7-14(17)13-20(23)27)21(30)24-16-9-3-6-12-19(16)26(28)29/h1-12H,13H2,(H2,23,27)(H,24,30). The van der Waals surface area contributed by atoms with E-state index in [1.165, 1.54) is 6.07 Å². The molecule has 0 aliphatic carbocycles. The number of nitro groups is 1. The summed E-state index contributed by atoms with van der Waals surface area (Å²) in [4.78, 5) is 24.1. The zero-order valence-electron chi connectivity index (χ0n) is 15.6. The number of hydrogen-bond donors (Lipinski definition) is 2. The molecule has 3 aromatic carbocycles. The largest absolute Gasteiger partial charge is 0.369 e. The summed E-state index contributed by atoms with van der Waals surface area (Å²) in [5.74, 6) is -0.501. The number of para-hydroxylation sites is 4. The Bertz CT molecular complexity index is 1120. The van der Waals surface area contributed by atoms with E-state index in [-0.39, 0.29) is 22.9 Å². The van der Waals surface area contributed by atoms with Crippen molar-refractivity contribution in [3.63, 3.8) is 0 Å². The number of nitrogens with zero attached hydrogens (tertiary/aromatic N) is 2. The highest BCUT2D eigenvalue weighted by atomic mass is 35.5. The summed E-state index contributed by atoms with van der Waals surface area (Å²) in [5, 5.41) is 14.9. The highest BCUT2D eigenvalue weighted by Gasteiger charge is 2.23. The quantitative estimate of drug-likeness (QED) is 0.324. The number of nitrogens with two attached hydrogens (primary N) is 1. The van der Waals surface area contributed by atoms with Gasteiger partial charge in [-0.3, -0.25) is 19.8 Å². The lowest BCUT2D eigenvalue weighted by Crippen LogP contribution is -2.32. The molecule has 0 aliphatic heterocycles. The molecule has 1 amide bonds. The van der Waals surface area contributed by atoms with Crippen molar-refractivity contribution in [2.75, 3.05) is 10.2 Å². The highest BCUT2D eigenvalue weighted by Crippen LogP contribution is 2.35. The van der Waals surface area contributed by atoms with Gasteiger partial charge in [-0.1, -0.05) is 54.1 Å². The molecule has 3 N–H and O–H groups in total. The van der Waals surface area contributed by atoms with Crippen LogP contribution in [0.4, 0.5) is 22.7 Å². The van der Waals surface area contributed by atoms with E-state index in [0.29, 0.717) is 22.0 Å². The van der Waals surface area contributed by atoms with Crippen molar-refractivity contribution in [2.24, 2.45) is 5.73 Å². The zero-order valence-corrected chi connectivity index (χ0v) is 17.2. The fourth-order valence-corrected chi connectivity index (χ4v) is 3.48. The molecule has 0 atom stereocenters. The van der Waals surface area contributed by atoms with Gasteiger partial charge >= 0.3 is 0 Å². The number of primary amides is 1. The Morgan fingerprint density at radius 3 is 2.30 bits per heavy atom. The highest BCUT2D eigenvalue weighted by molar-refractivity contribution is 7.80. The molecule has 0 unspecified atom stereocenters. The summed E-state index contributed by atoms with van der Waals surface area (Å²) in [7, 11) is 0. The Hall–Kier alpha value is -3.49. The van der Waals surface area contributed by atoms with Crippen LogP contribution in [-0.4, -0.2) is 15.9 Å². The van der Waals surface area contributed by atoms with Crippen LogP contribution in [-0.2, 0) is 11.2 Å². The fraction of sp³-hybridized carbons (Fsp3) is 0.0476. The third-order valence-corrected chi connectivity index (χ3v) is 4.84.